The van der Waals surface area contributed by atoms with Gasteiger partial charge >= 0.3 is 0 Å². The zero-order chi connectivity index (χ0) is 20.7. The molecular weight excluding hydrogens is 338 g/mol. The van der Waals surface area contributed by atoms with Gasteiger partial charge in [-0.2, -0.15) is 0 Å². The minimum atomic E-state index is 0.805. The van der Waals surface area contributed by atoms with Gasteiger partial charge in [0.05, 0.1) is 0 Å². The molecule has 0 aromatic carbocycles. The highest BCUT2D eigenvalue weighted by atomic mass is 15.1. The third-order valence-corrected chi connectivity index (χ3v) is 5.86. The van der Waals surface area contributed by atoms with Gasteiger partial charge < -0.3 is 4.90 Å². The van der Waals surface area contributed by atoms with Crippen LogP contribution in [0.2, 0.25) is 0 Å². The summed E-state index contributed by atoms with van der Waals surface area (Å²) in [6, 6.07) is 0.805. The summed E-state index contributed by atoms with van der Waals surface area (Å²) in [6.07, 6.45) is 34.0. The lowest BCUT2D eigenvalue weighted by Crippen LogP contribution is -2.27. The summed E-state index contributed by atoms with van der Waals surface area (Å²) >= 11 is 0. The van der Waals surface area contributed by atoms with Gasteiger partial charge in [0.15, 0.2) is 0 Å². The summed E-state index contributed by atoms with van der Waals surface area (Å²) in [7, 11) is 4.53. The van der Waals surface area contributed by atoms with Crippen molar-refractivity contribution in [1.29, 1.82) is 0 Å². The third kappa shape index (κ3) is 20.2. The molecule has 0 bridgehead atoms. The molecule has 0 heterocycles. The highest BCUT2D eigenvalue weighted by Gasteiger charge is 2.10. The normalized spacial score (nSPS) is 13.3. The van der Waals surface area contributed by atoms with Crippen LogP contribution in [0, 0.1) is 0 Å². The summed E-state index contributed by atoms with van der Waals surface area (Å²) in [5.74, 6) is 0. The molecule has 1 unspecified atom stereocenters. The van der Waals surface area contributed by atoms with Crippen LogP contribution in [0.1, 0.15) is 129 Å². The zero-order valence-corrected chi connectivity index (χ0v) is 20.1. The highest BCUT2D eigenvalue weighted by Crippen LogP contribution is 2.16. The predicted molar refractivity (Wildman–Crippen MR) is 130 cm³/mol. The maximum Gasteiger partial charge on any atom is 0.00891 e. The molecule has 166 valence electrons. The maximum atomic E-state index is 2.46. The molecule has 0 aliphatic heterocycles. The van der Waals surface area contributed by atoms with Crippen LogP contribution >= 0.6 is 0 Å². The number of nitrogens with zero attached hydrogens (tertiary/aromatic N) is 1. The first-order valence-electron chi connectivity index (χ1n) is 12.7. The van der Waals surface area contributed by atoms with Crippen LogP contribution in [0.15, 0.2) is 24.3 Å². The molecular formula is C27H53N. The molecule has 0 N–H and O–H groups in total. The number of hydrogen-bond donors (Lipinski definition) is 0. The average molecular weight is 392 g/mol. The summed E-state index contributed by atoms with van der Waals surface area (Å²) in [6.45, 7) is 4.57. The maximum absolute atomic E-state index is 2.46. The number of hydrogen-bond acceptors (Lipinski definition) is 1. The van der Waals surface area contributed by atoms with E-state index >= 15 is 0 Å². The monoisotopic (exact) mass is 391 g/mol. The molecule has 1 nitrogen and oxygen atoms in total. The molecule has 0 radical (unpaired) electrons. The first-order chi connectivity index (χ1) is 13.7. The third-order valence-electron chi connectivity index (χ3n) is 5.86. The van der Waals surface area contributed by atoms with Gasteiger partial charge in [-0.1, -0.05) is 109 Å². The van der Waals surface area contributed by atoms with E-state index in [1.165, 1.54) is 109 Å². The minimum Gasteiger partial charge on any atom is -0.306 e. The number of allylic oxidation sites excluding steroid dienone is 4. The Labute approximate surface area is 179 Å². The Kier molecular flexibility index (Phi) is 22.3. The van der Waals surface area contributed by atoms with Crippen LogP contribution < -0.4 is 0 Å². The molecule has 0 spiro atoms. The molecule has 0 fully saturated rings. The smallest absolute Gasteiger partial charge is 0.00891 e. The van der Waals surface area contributed by atoms with Crippen molar-refractivity contribution in [3.05, 3.63) is 24.3 Å². The van der Waals surface area contributed by atoms with E-state index in [1.807, 2.05) is 0 Å². The van der Waals surface area contributed by atoms with Crippen molar-refractivity contribution in [1.82, 2.24) is 4.90 Å². The Morgan fingerprint density at radius 2 is 0.964 bits per heavy atom. The van der Waals surface area contributed by atoms with Crippen LogP contribution in [-0.4, -0.2) is 25.0 Å². The molecule has 28 heavy (non-hydrogen) atoms. The second-order valence-corrected chi connectivity index (χ2v) is 8.84. The first kappa shape index (κ1) is 27.4. The molecule has 0 saturated carbocycles. The van der Waals surface area contributed by atoms with E-state index in [0.29, 0.717) is 0 Å². The van der Waals surface area contributed by atoms with Crippen molar-refractivity contribution in [2.24, 2.45) is 0 Å². The molecule has 0 aromatic heterocycles. The number of unbranched alkanes of at least 4 members (excludes halogenated alkanes) is 12. The lowest BCUT2D eigenvalue weighted by atomic mass is 9.99. The highest BCUT2D eigenvalue weighted by molar-refractivity contribution is 4.92. The molecule has 0 saturated heterocycles. The van der Waals surface area contributed by atoms with E-state index in [4.69, 9.17) is 0 Å². The van der Waals surface area contributed by atoms with Crippen molar-refractivity contribution in [3.8, 4) is 0 Å². The summed E-state index contributed by atoms with van der Waals surface area (Å²) in [5.41, 5.74) is 0. The van der Waals surface area contributed by atoms with Gasteiger partial charge in [0.2, 0.25) is 0 Å². The van der Waals surface area contributed by atoms with Gasteiger partial charge in [0.1, 0.15) is 0 Å². The van der Waals surface area contributed by atoms with Gasteiger partial charge in [0, 0.05) is 6.04 Å². The van der Waals surface area contributed by atoms with Crippen molar-refractivity contribution in [3.63, 3.8) is 0 Å². The van der Waals surface area contributed by atoms with E-state index in [0.717, 1.165) is 12.5 Å². The van der Waals surface area contributed by atoms with Gasteiger partial charge in [0.25, 0.3) is 0 Å². The van der Waals surface area contributed by atoms with Crippen LogP contribution in [0.3, 0.4) is 0 Å². The van der Waals surface area contributed by atoms with Crippen molar-refractivity contribution >= 4 is 0 Å². The predicted octanol–water partition coefficient (Wildman–Crippen LogP) is 9.09. The Hall–Kier alpha value is -0.560. The lowest BCUT2D eigenvalue weighted by molar-refractivity contribution is 0.251. The largest absolute Gasteiger partial charge is 0.306 e. The quantitative estimate of drug-likeness (QED) is 0.139. The fourth-order valence-electron chi connectivity index (χ4n) is 3.84. The van der Waals surface area contributed by atoms with Gasteiger partial charge in [-0.05, 0) is 59.0 Å². The summed E-state index contributed by atoms with van der Waals surface area (Å²) < 4.78 is 0. The Balaban J connectivity index is 3.49. The van der Waals surface area contributed by atoms with Crippen molar-refractivity contribution in [2.45, 2.75) is 135 Å². The van der Waals surface area contributed by atoms with E-state index in [2.05, 4.69) is 57.1 Å². The molecule has 0 aliphatic carbocycles. The Morgan fingerprint density at radius 1 is 0.536 bits per heavy atom. The van der Waals surface area contributed by atoms with Crippen LogP contribution in [0.25, 0.3) is 0 Å². The lowest BCUT2D eigenvalue weighted by Gasteiger charge is -2.24. The molecule has 1 atom stereocenters. The number of rotatable bonds is 21. The molecule has 0 aromatic rings. The SMILES string of the molecule is CCCCCC=CCC=CCCCCCCCC(CCCCCCC)N(C)C. The fourth-order valence-corrected chi connectivity index (χ4v) is 3.84. The van der Waals surface area contributed by atoms with Crippen LogP contribution in [0.4, 0.5) is 0 Å². The molecule has 0 rings (SSSR count). The van der Waals surface area contributed by atoms with E-state index < -0.39 is 0 Å². The van der Waals surface area contributed by atoms with Crippen molar-refractivity contribution < 1.29 is 0 Å². The average Bonchev–Trinajstić information content (AvgIpc) is 2.68. The van der Waals surface area contributed by atoms with E-state index in [9.17, 15) is 0 Å². The Morgan fingerprint density at radius 3 is 1.50 bits per heavy atom. The Bertz CT molecular complexity index is 342. The second kappa shape index (κ2) is 22.7. The summed E-state index contributed by atoms with van der Waals surface area (Å²) in [4.78, 5) is 2.46. The molecule has 0 aliphatic rings. The zero-order valence-electron chi connectivity index (χ0n) is 20.1. The van der Waals surface area contributed by atoms with Gasteiger partial charge in [-0.15, -0.1) is 0 Å². The van der Waals surface area contributed by atoms with Crippen molar-refractivity contribution in [2.75, 3.05) is 14.1 Å². The van der Waals surface area contributed by atoms with Gasteiger partial charge in [-0.3, -0.25) is 0 Å². The van der Waals surface area contributed by atoms with E-state index in [1.54, 1.807) is 0 Å². The van der Waals surface area contributed by atoms with Gasteiger partial charge in [-0.25, -0.2) is 0 Å². The first-order valence-corrected chi connectivity index (χ1v) is 12.7. The van der Waals surface area contributed by atoms with E-state index in [-0.39, 0.29) is 0 Å². The van der Waals surface area contributed by atoms with Crippen LogP contribution in [-0.2, 0) is 0 Å². The minimum absolute atomic E-state index is 0.805. The fraction of sp³-hybridized carbons (Fsp3) is 0.852. The van der Waals surface area contributed by atoms with Crippen LogP contribution in [0.5, 0.6) is 0 Å². The molecule has 0 amide bonds. The second-order valence-electron chi connectivity index (χ2n) is 8.84. The standard InChI is InChI=1S/C27H53N/c1-5-7-9-11-12-13-14-15-16-17-18-19-20-22-24-26-27(28(3)4)25-23-21-10-8-6-2/h12-13,15-16,27H,5-11,14,17-26H2,1-4H3. The summed E-state index contributed by atoms with van der Waals surface area (Å²) in [5, 5.41) is 0. The molecule has 1 heteroatoms. The topological polar surface area (TPSA) is 3.24 Å².